The van der Waals surface area contributed by atoms with Gasteiger partial charge in [0.15, 0.2) is 0 Å². The summed E-state index contributed by atoms with van der Waals surface area (Å²) in [5.74, 6) is 1.52. The second-order valence-electron chi connectivity index (χ2n) is 6.09. The SMILES string of the molecule is Cc1nn(C)c(C)c1NC(=O)CN1CC2CNCC2C1. The molecule has 3 rings (SSSR count). The molecule has 0 spiro atoms. The zero-order valence-electron chi connectivity index (χ0n) is 12.4. The Balaban J connectivity index is 1.58. The van der Waals surface area contributed by atoms with Gasteiger partial charge in [0, 0.05) is 20.1 Å². The molecular weight excluding hydrogens is 254 g/mol. The van der Waals surface area contributed by atoms with E-state index < -0.39 is 0 Å². The highest BCUT2D eigenvalue weighted by Gasteiger charge is 2.36. The van der Waals surface area contributed by atoms with Crippen LogP contribution in [-0.4, -0.2) is 53.3 Å². The van der Waals surface area contributed by atoms with Crippen molar-refractivity contribution in [1.29, 1.82) is 0 Å². The summed E-state index contributed by atoms with van der Waals surface area (Å²) in [5.41, 5.74) is 2.73. The van der Waals surface area contributed by atoms with Gasteiger partial charge in [0.1, 0.15) is 0 Å². The lowest BCUT2D eigenvalue weighted by atomic mass is 10.0. The Morgan fingerprint density at radius 3 is 2.55 bits per heavy atom. The third kappa shape index (κ3) is 2.45. The highest BCUT2D eigenvalue weighted by molar-refractivity contribution is 5.93. The fourth-order valence-electron chi connectivity index (χ4n) is 3.42. The van der Waals surface area contributed by atoms with E-state index in [-0.39, 0.29) is 5.91 Å². The molecule has 0 bridgehead atoms. The summed E-state index contributed by atoms with van der Waals surface area (Å²) in [6.07, 6.45) is 0. The first-order valence-electron chi connectivity index (χ1n) is 7.27. The van der Waals surface area contributed by atoms with Gasteiger partial charge in [0.25, 0.3) is 0 Å². The van der Waals surface area contributed by atoms with Crippen LogP contribution in [0.25, 0.3) is 0 Å². The molecule has 6 heteroatoms. The zero-order chi connectivity index (χ0) is 14.3. The van der Waals surface area contributed by atoms with E-state index in [2.05, 4.69) is 20.6 Å². The number of aromatic nitrogens is 2. The highest BCUT2D eigenvalue weighted by Crippen LogP contribution is 2.26. The molecule has 0 aromatic carbocycles. The van der Waals surface area contributed by atoms with E-state index in [1.54, 1.807) is 4.68 Å². The van der Waals surface area contributed by atoms with Crippen molar-refractivity contribution in [1.82, 2.24) is 20.0 Å². The Bertz CT molecular complexity index is 512. The first kappa shape index (κ1) is 13.6. The minimum atomic E-state index is 0.0668. The molecule has 6 nitrogen and oxygen atoms in total. The van der Waals surface area contributed by atoms with Crippen molar-refractivity contribution in [3.63, 3.8) is 0 Å². The Hall–Kier alpha value is -1.40. The summed E-state index contributed by atoms with van der Waals surface area (Å²) in [6, 6.07) is 0. The number of aryl methyl sites for hydroxylation is 2. The quantitative estimate of drug-likeness (QED) is 0.824. The second-order valence-corrected chi connectivity index (χ2v) is 6.09. The van der Waals surface area contributed by atoms with Gasteiger partial charge in [-0.2, -0.15) is 5.10 Å². The van der Waals surface area contributed by atoms with E-state index >= 15 is 0 Å². The number of nitrogens with one attached hydrogen (secondary N) is 2. The lowest BCUT2D eigenvalue weighted by molar-refractivity contribution is -0.117. The van der Waals surface area contributed by atoms with E-state index in [4.69, 9.17) is 0 Å². The molecule has 2 saturated heterocycles. The van der Waals surface area contributed by atoms with Crippen LogP contribution in [-0.2, 0) is 11.8 Å². The summed E-state index contributed by atoms with van der Waals surface area (Å²) in [5, 5.41) is 10.8. The number of anilines is 1. The minimum Gasteiger partial charge on any atom is -0.322 e. The number of carbonyl (C=O) groups is 1. The topological polar surface area (TPSA) is 62.2 Å². The van der Waals surface area contributed by atoms with Crippen LogP contribution in [0.5, 0.6) is 0 Å². The van der Waals surface area contributed by atoms with Crippen LogP contribution in [0, 0.1) is 25.7 Å². The number of nitrogens with zero attached hydrogens (tertiary/aromatic N) is 3. The third-order valence-corrected chi connectivity index (χ3v) is 4.61. The van der Waals surface area contributed by atoms with Crippen LogP contribution in [0.1, 0.15) is 11.4 Å². The highest BCUT2D eigenvalue weighted by atomic mass is 16.2. The van der Waals surface area contributed by atoms with E-state index in [0.717, 1.165) is 55.1 Å². The molecule has 2 aliphatic heterocycles. The number of rotatable bonds is 3. The van der Waals surface area contributed by atoms with Crippen LogP contribution >= 0.6 is 0 Å². The lowest BCUT2D eigenvalue weighted by Gasteiger charge is -2.16. The molecule has 2 N–H and O–H groups in total. The predicted octanol–water partition coefficient (Wildman–Crippen LogP) is 0.127. The Kier molecular flexibility index (Phi) is 3.52. The fourth-order valence-corrected chi connectivity index (χ4v) is 3.42. The predicted molar refractivity (Wildman–Crippen MR) is 77.6 cm³/mol. The number of carbonyl (C=O) groups excluding carboxylic acids is 1. The van der Waals surface area contributed by atoms with Gasteiger partial charge >= 0.3 is 0 Å². The molecule has 2 fully saturated rings. The molecule has 3 heterocycles. The lowest BCUT2D eigenvalue weighted by Crippen LogP contribution is -2.34. The van der Waals surface area contributed by atoms with Crippen molar-refractivity contribution in [3.8, 4) is 0 Å². The fraction of sp³-hybridized carbons (Fsp3) is 0.714. The van der Waals surface area contributed by atoms with Gasteiger partial charge in [0.05, 0.1) is 23.6 Å². The first-order chi connectivity index (χ1) is 9.54. The number of hydrogen-bond donors (Lipinski definition) is 2. The normalized spacial score (nSPS) is 25.9. The number of likely N-dealkylation sites (tertiary alicyclic amines) is 1. The summed E-state index contributed by atoms with van der Waals surface area (Å²) < 4.78 is 1.80. The van der Waals surface area contributed by atoms with Crippen molar-refractivity contribution < 1.29 is 4.79 Å². The first-order valence-corrected chi connectivity index (χ1v) is 7.27. The number of hydrogen-bond acceptors (Lipinski definition) is 4. The smallest absolute Gasteiger partial charge is 0.238 e. The van der Waals surface area contributed by atoms with E-state index in [1.165, 1.54) is 0 Å². The van der Waals surface area contributed by atoms with Gasteiger partial charge in [-0.25, -0.2) is 0 Å². The summed E-state index contributed by atoms with van der Waals surface area (Å²) in [4.78, 5) is 14.5. The zero-order valence-corrected chi connectivity index (χ0v) is 12.4. The molecule has 1 aromatic rings. The largest absolute Gasteiger partial charge is 0.322 e. The third-order valence-electron chi connectivity index (χ3n) is 4.61. The molecule has 2 unspecified atom stereocenters. The van der Waals surface area contributed by atoms with Gasteiger partial charge in [-0.15, -0.1) is 0 Å². The number of fused-ring (bicyclic) bond motifs is 1. The van der Waals surface area contributed by atoms with Crippen molar-refractivity contribution >= 4 is 11.6 Å². The molecule has 0 aliphatic carbocycles. The molecular formula is C14H23N5O. The Morgan fingerprint density at radius 1 is 1.35 bits per heavy atom. The maximum absolute atomic E-state index is 12.2. The van der Waals surface area contributed by atoms with Gasteiger partial charge in [-0.3, -0.25) is 14.4 Å². The Labute approximate surface area is 119 Å². The van der Waals surface area contributed by atoms with Gasteiger partial charge in [0.2, 0.25) is 5.91 Å². The van der Waals surface area contributed by atoms with Crippen molar-refractivity contribution in [3.05, 3.63) is 11.4 Å². The van der Waals surface area contributed by atoms with Crippen molar-refractivity contribution in [2.75, 3.05) is 38.0 Å². The van der Waals surface area contributed by atoms with Crippen LogP contribution in [0.3, 0.4) is 0 Å². The molecule has 1 amide bonds. The maximum atomic E-state index is 12.2. The van der Waals surface area contributed by atoms with Crippen molar-refractivity contribution in [2.24, 2.45) is 18.9 Å². The van der Waals surface area contributed by atoms with Crippen LogP contribution in [0.4, 0.5) is 5.69 Å². The minimum absolute atomic E-state index is 0.0668. The monoisotopic (exact) mass is 277 g/mol. The van der Waals surface area contributed by atoms with E-state index in [9.17, 15) is 4.79 Å². The second kappa shape index (κ2) is 5.18. The van der Waals surface area contributed by atoms with Crippen LogP contribution < -0.4 is 10.6 Å². The summed E-state index contributed by atoms with van der Waals surface area (Å²) in [7, 11) is 1.90. The molecule has 2 atom stereocenters. The number of amides is 1. The average Bonchev–Trinajstić information content (AvgIpc) is 3.00. The van der Waals surface area contributed by atoms with Crippen LogP contribution in [0.15, 0.2) is 0 Å². The van der Waals surface area contributed by atoms with Gasteiger partial charge in [-0.05, 0) is 38.8 Å². The molecule has 20 heavy (non-hydrogen) atoms. The summed E-state index contributed by atoms with van der Waals surface area (Å²) in [6.45, 7) is 8.66. The molecule has 2 aliphatic rings. The van der Waals surface area contributed by atoms with Gasteiger partial charge in [-0.1, -0.05) is 0 Å². The standard InChI is InChI=1S/C14H23N5O/c1-9-14(10(2)18(3)17-9)16-13(20)8-19-6-11-4-15-5-12(11)7-19/h11-12,15H,4-8H2,1-3H3,(H,16,20). The van der Waals surface area contributed by atoms with Crippen molar-refractivity contribution in [2.45, 2.75) is 13.8 Å². The molecule has 1 aromatic heterocycles. The average molecular weight is 277 g/mol. The molecule has 0 saturated carbocycles. The molecule has 0 radical (unpaired) electrons. The van der Waals surface area contributed by atoms with Crippen LogP contribution in [0.2, 0.25) is 0 Å². The Morgan fingerprint density at radius 2 is 2.00 bits per heavy atom. The molecule has 110 valence electrons. The van der Waals surface area contributed by atoms with E-state index in [1.807, 2.05) is 20.9 Å². The van der Waals surface area contributed by atoms with Gasteiger partial charge < -0.3 is 10.6 Å². The summed E-state index contributed by atoms with van der Waals surface area (Å²) >= 11 is 0. The maximum Gasteiger partial charge on any atom is 0.238 e. The van der Waals surface area contributed by atoms with E-state index in [0.29, 0.717) is 6.54 Å².